The third kappa shape index (κ3) is 2.70. The summed E-state index contributed by atoms with van der Waals surface area (Å²) in [5.74, 6) is 4.18. The fourth-order valence-corrected chi connectivity index (χ4v) is 0.829. The van der Waals surface area contributed by atoms with Gasteiger partial charge in [-0.2, -0.15) is 0 Å². The van der Waals surface area contributed by atoms with Crippen LogP contribution in [0.5, 0.6) is 0 Å². The molecule has 0 aromatic heterocycles. The Bertz CT molecular complexity index is 420. The van der Waals surface area contributed by atoms with Crippen LogP contribution in [-0.2, 0) is 0 Å². The monoisotopic (exact) mass is 192 g/mol. The van der Waals surface area contributed by atoms with Crippen LogP contribution in [0.25, 0.3) is 0 Å². The van der Waals surface area contributed by atoms with Crippen molar-refractivity contribution in [2.45, 2.75) is 13.8 Å². The normalized spacial score (nSPS) is 10.7. The first kappa shape index (κ1) is 10.5. The van der Waals surface area contributed by atoms with Crippen molar-refractivity contribution in [2.75, 3.05) is 0 Å². The molecule has 72 valence electrons. The van der Waals surface area contributed by atoms with Gasteiger partial charge in [-0.05, 0) is 31.6 Å². The highest BCUT2D eigenvalue weighted by Crippen LogP contribution is 2.07. The maximum atomic E-state index is 13.0. The number of hydrogen-bond donors (Lipinski definition) is 0. The van der Waals surface area contributed by atoms with Gasteiger partial charge in [-0.1, -0.05) is 17.9 Å². The van der Waals surface area contributed by atoms with E-state index in [0.29, 0.717) is 0 Å². The van der Waals surface area contributed by atoms with Crippen LogP contribution in [0.3, 0.4) is 0 Å². The molecule has 14 heavy (non-hydrogen) atoms. The van der Waals surface area contributed by atoms with Crippen LogP contribution in [0.4, 0.5) is 8.78 Å². The molecular weight excluding hydrogens is 182 g/mol. The van der Waals surface area contributed by atoms with E-state index in [9.17, 15) is 8.78 Å². The average molecular weight is 192 g/mol. The first-order valence-corrected chi connectivity index (χ1v) is 4.23. The second-order valence-electron chi connectivity index (χ2n) is 2.85. The Morgan fingerprint density at radius 3 is 2.64 bits per heavy atom. The molecule has 0 aliphatic rings. The number of rotatable bonds is 0. The van der Waals surface area contributed by atoms with Crippen molar-refractivity contribution in [1.82, 2.24) is 0 Å². The second kappa shape index (κ2) is 4.57. The fourth-order valence-electron chi connectivity index (χ4n) is 0.829. The molecule has 0 unspecified atom stereocenters. The van der Waals surface area contributed by atoms with Crippen LogP contribution in [0.15, 0.2) is 29.8 Å². The van der Waals surface area contributed by atoms with E-state index >= 15 is 0 Å². The molecule has 0 N–H and O–H groups in total. The zero-order valence-electron chi connectivity index (χ0n) is 8.07. The van der Waals surface area contributed by atoms with E-state index in [1.54, 1.807) is 0 Å². The standard InChI is InChI=1S/C12H10F2/c1-3-9(2)4-5-10-6-7-11(13)8-12(10)14/h3,6-8H,1-2H3/b9-3-. The molecule has 0 amide bonds. The lowest BCUT2D eigenvalue weighted by molar-refractivity contribution is 0.581. The summed E-state index contributed by atoms with van der Waals surface area (Å²) in [6.45, 7) is 3.68. The third-order valence-corrected chi connectivity index (χ3v) is 1.76. The second-order valence-corrected chi connectivity index (χ2v) is 2.85. The molecule has 0 atom stereocenters. The lowest BCUT2D eigenvalue weighted by Gasteiger charge is -1.93. The van der Waals surface area contributed by atoms with Gasteiger partial charge in [0.25, 0.3) is 0 Å². The van der Waals surface area contributed by atoms with E-state index in [-0.39, 0.29) is 5.56 Å². The van der Waals surface area contributed by atoms with E-state index in [0.717, 1.165) is 11.6 Å². The minimum atomic E-state index is -0.624. The van der Waals surface area contributed by atoms with Crippen LogP contribution in [-0.4, -0.2) is 0 Å². The zero-order chi connectivity index (χ0) is 10.6. The van der Waals surface area contributed by atoms with E-state index < -0.39 is 11.6 Å². The molecule has 0 aliphatic heterocycles. The molecule has 0 radical (unpaired) electrons. The zero-order valence-corrected chi connectivity index (χ0v) is 8.07. The van der Waals surface area contributed by atoms with Gasteiger partial charge in [0.05, 0.1) is 5.56 Å². The first-order valence-electron chi connectivity index (χ1n) is 4.23. The average Bonchev–Trinajstić information content (AvgIpc) is 2.16. The molecule has 0 bridgehead atoms. The van der Waals surface area contributed by atoms with E-state index in [1.165, 1.54) is 12.1 Å². The van der Waals surface area contributed by atoms with Gasteiger partial charge >= 0.3 is 0 Å². The molecule has 0 saturated heterocycles. The SMILES string of the molecule is C/C=C(/C)C#Cc1ccc(F)cc1F. The number of hydrogen-bond acceptors (Lipinski definition) is 0. The maximum Gasteiger partial charge on any atom is 0.141 e. The molecule has 1 aromatic carbocycles. The minimum Gasteiger partial charge on any atom is -0.207 e. The third-order valence-electron chi connectivity index (χ3n) is 1.76. The molecule has 2 heteroatoms. The molecule has 0 saturated carbocycles. The number of allylic oxidation sites excluding steroid dienone is 2. The summed E-state index contributed by atoms with van der Waals surface area (Å²) in [5.41, 5.74) is 1.07. The minimum absolute atomic E-state index is 0.215. The van der Waals surface area contributed by atoms with Gasteiger partial charge < -0.3 is 0 Å². The van der Waals surface area contributed by atoms with Crippen LogP contribution < -0.4 is 0 Å². The summed E-state index contributed by atoms with van der Waals surface area (Å²) in [4.78, 5) is 0. The van der Waals surface area contributed by atoms with E-state index in [1.807, 2.05) is 19.9 Å². The Hall–Kier alpha value is -1.62. The Kier molecular flexibility index (Phi) is 3.41. The summed E-state index contributed by atoms with van der Waals surface area (Å²) in [7, 11) is 0. The molecule has 0 nitrogen and oxygen atoms in total. The predicted octanol–water partition coefficient (Wildman–Crippen LogP) is 3.28. The smallest absolute Gasteiger partial charge is 0.141 e. The van der Waals surface area contributed by atoms with Gasteiger partial charge in [0.1, 0.15) is 11.6 Å². The highest BCUT2D eigenvalue weighted by atomic mass is 19.1. The van der Waals surface area contributed by atoms with Gasteiger partial charge in [0.15, 0.2) is 0 Å². The summed E-state index contributed by atoms with van der Waals surface area (Å²) >= 11 is 0. The fraction of sp³-hybridized carbons (Fsp3) is 0.167. The van der Waals surface area contributed by atoms with Crippen molar-refractivity contribution in [3.63, 3.8) is 0 Å². The summed E-state index contributed by atoms with van der Waals surface area (Å²) < 4.78 is 25.6. The largest absolute Gasteiger partial charge is 0.207 e. The first-order chi connectivity index (χ1) is 6.63. The molecule has 0 spiro atoms. The highest BCUT2D eigenvalue weighted by Gasteiger charge is 1.99. The van der Waals surface area contributed by atoms with Crippen LogP contribution in [0, 0.1) is 23.5 Å². The quantitative estimate of drug-likeness (QED) is 0.553. The van der Waals surface area contributed by atoms with Gasteiger partial charge in [-0.15, -0.1) is 0 Å². The molecule has 0 fully saturated rings. The predicted molar refractivity (Wildman–Crippen MR) is 52.7 cm³/mol. The van der Waals surface area contributed by atoms with Crippen molar-refractivity contribution in [3.05, 3.63) is 47.0 Å². The number of halogens is 2. The number of benzene rings is 1. The molecular formula is C12H10F2. The van der Waals surface area contributed by atoms with Gasteiger partial charge in [0, 0.05) is 6.07 Å². The Labute approximate surface area is 82.3 Å². The van der Waals surface area contributed by atoms with Gasteiger partial charge in [-0.25, -0.2) is 8.78 Å². The van der Waals surface area contributed by atoms with E-state index in [2.05, 4.69) is 11.8 Å². The Morgan fingerprint density at radius 1 is 1.36 bits per heavy atom. The van der Waals surface area contributed by atoms with E-state index in [4.69, 9.17) is 0 Å². The van der Waals surface area contributed by atoms with Crippen molar-refractivity contribution in [2.24, 2.45) is 0 Å². The molecule has 0 aliphatic carbocycles. The van der Waals surface area contributed by atoms with Crippen molar-refractivity contribution in [1.29, 1.82) is 0 Å². The summed E-state index contributed by atoms with van der Waals surface area (Å²) in [6.07, 6.45) is 1.83. The molecule has 0 heterocycles. The van der Waals surface area contributed by atoms with Crippen molar-refractivity contribution >= 4 is 0 Å². The summed E-state index contributed by atoms with van der Waals surface area (Å²) in [5, 5.41) is 0. The van der Waals surface area contributed by atoms with Gasteiger partial charge in [-0.3, -0.25) is 0 Å². The van der Waals surface area contributed by atoms with Gasteiger partial charge in [0.2, 0.25) is 0 Å². The molecule has 1 aromatic rings. The highest BCUT2D eigenvalue weighted by molar-refractivity contribution is 5.40. The van der Waals surface area contributed by atoms with Crippen molar-refractivity contribution in [3.8, 4) is 11.8 Å². The van der Waals surface area contributed by atoms with Crippen LogP contribution in [0.2, 0.25) is 0 Å². The Morgan fingerprint density at radius 2 is 2.07 bits per heavy atom. The lowest BCUT2D eigenvalue weighted by atomic mass is 10.2. The van der Waals surface area contributed by atoms with Crippen molar-refractivity contribution < 1.29 is 8.78 Å². The van der Waals surface area contributed by atoms with Crippen LogP contribution in [0.1, 0.15) is 19.4 Å². The molecule has 1 rings (SSSR count). The summed E-state index contributed by atoms with van der Waals surface area (Å²) in [6, 6.07) is 3.35. The Balaban J connectivity index is 3.02. The topological polar surface area (TPSA) is 0 Å². The lowest BCUT2D eigenvalue weighted by Crippen LogP contribution is -1.85. The maximum absolute atomic E-state index is 13.0. The van der Waals surface area contributed by atoms with Crippen LogP contribution >= 0.6 is 0 Å².